The number of non-ortho nitro benzene ring substituents is 1. The number of nitro groups is 1. The molecule has 0 bridgehead atoms. The highest BCUT2D eigenvalue weighted by atomic mass is 16.6. The molecule has 0 saturated heterocycles. The molecule has 4 aromatic rings. The van der Waals surface area contributed by atoms with Gasteiger partial charge >= 0.3 is 0 Å². The zero-order chi connectivity index (χ0) is 34.3. The number of nitro benzene ring substituents is 1. The molecule has 2 atom stereocenters. The van der Waals surface area contributed by atoms with Crippen LogP contribution in [0.1, 0.15) is 40.4 Å². The van der Waals surface area contributed by atoms with Crippen LogP contribution in [-0.4, -0.2) is 50.9 Å². The molecule has 3 N–H and O–H groups in total. The second-order valence-electron chi connectivity index (χ2n) is 11.6. The first-order chi connectivity index (χ1) is 23.1. The lowest BCUT2D eigenvalue weighted by atomic mass is 9.82. The Labute approximate surface area is 277 Å². The maximum atomic E-state index is 14.1. The van der Waals surface area contributed by atoms with Gasteiger partial charge in [0.05, 0.1) is 23.8 Å². The standard InChI is InChI=1S/C37H36N4O7/c1-26(10-8-17-34(43)39(20-21-42)24-27-11-4-2-5-12-27)37(46)32-23-31(41(47)48)18-19-33(32)40(36(37)45)25-28-13-9-16-30(22-28)38-35(44)29-14-6-3-7-15-29/h2-16,18-19,22-23,26,42,46H,17,20-21,24-25H2,1H3,(H,38,44)/b10-8+/t26-,37+/m0/s1. The lowest BCUT2D eigenvalue weighted by molar-refractivity contribution is -0.385. The maximum absolute atomic E-state index is 14.1. The third kappa shape index (κ3) is 7.33. The lowest BCUT2D eigenvalue weighted by Gasteiger charge is -2.28. The van der Waals surface area contributed by atoms with Gasteiger partial charge in [0, 0.05) is 54.4 Å². The number of hydrogen-bond donors (Lipinski definition) is 3. The second kappa shape index (κ2) is 14.8. The average molecular weight is 649 g/mol. The molecule has 1 aliphatic rings. The Bertz CT molecular complexity index is 1830. The number of aliphatic hydroxyl groups is 2. The molecule has 3 amide bonds. The van der Waals surface area contributed by atoms with Crippen molar-refractivity contribution in [2.75, 3.05) is 23.4 Å². The van der Waals surface area contributed by atoms with E-state index >= 15 is 0 Å². The Hall–Kier alpha value is -5.65. The lowest BCUT2D eigenvalue weighted by Crippen LogP contribution is -2.44. The predicted molar refractivity (Wildman–Crippen MR) is 181 cm³/mol. The van der Waals surface area contributed by atoms with Gasteiger partial charge in [0.15, 0.2) is 5.60 Å². The van der Waals surface area contributed by atoms with Crippen molar-refractivity contribution in [3.05, 3.63) is 148 Å². The van der Waals surface area contributed by atoms with E-state index in [1.165, 1.54) is 28.0 Å². The van der Waals surface area contributed by atoms with E-state index in [2.05, 4.69) is 5.32 Å². The molecule has 0 aliphatic carbocycles. The number of aliphatic hydroxyl groups excluding tert-OH is 1. The van der Waals surface area contributed by atoms with Gasteiger partial charge in [-0.05, 0) is 41.5 Å². The first kappa shape index (κ1) is 33.7. The zero-order valence-electron chi connectivity index (χ0n) is 26.4. The quantitative estimate of drug-likeness (QED) is 0.103. The highest BCUT2D eigenvalue weighted by Gasteiger charge is 2.53. The van der Waals surface area contributed by atoms with E-state index in [0.717, 1.165) is 5.56 Å². The van der Waals surface area contributed by atoms with Crippen molar-refractivity contribution in [2.45, 2.75) is 32.0 Å². The Morgan fingerprint density at radius 3 is 2.35 bits per heavy atom. The van der Waals surface area contributed by atoms with Crippen molar-refractivity contribution >= 4 is 34.8 Å². The van der Waals surface area contributed by atoms with E-state index in [4.69, 9.17) is 0 Å². The third-order valence-corrected chi connectivity index (χ3v) is 8.34. The van der Waals surface area contributed by atoms with Gasteiger partial charge < -0.3 is 25.3 Å². The minimum atomic E-state index is -2.16. The van der Waals surface area contributed by atoms with Crippen LogP contribution in [0.2, 0.25) is 0 Å². The van der Waals surface area contributed by atoms with E-state index in [0.29, 0.717) is 29.0 Å². The minimum Gasteiger partial charge on any atom is -0.395 e. The Morgan fingerprint density at radius 2 is 1.67 bits per heavy atom. The normalized spacial score (nSPS) is 16.1. The number of nitrogens with one attached hydrogen (secondary N) is 1. The summed E-state index contributed by atoms with van der Waals surface area (Å²) in [5.74, 6) is -2.10. The summed E-state index contributed by atoms with van der Waals surface area (Å²) in [5.41, 5.74) is 0.525. The van der Waals surface area contributed by atoms with Crippen LogP contribution < -0.4 is 10.2 Å². The van der Waals surface area contributed by atoms with Gasteiger partial charge in [-0.25, -0.2) is 0 Å². The highest BCUT2D eigenvalue weighted by Crippen LogP contribution is 2.47. The summed E-state index contributed by atoms with van der Waals surface area (Å²) < 4.78 is 0. The molecule has 11 heteroatoms. The van der Waals surface area contributed by atoms with Crippen LogP contribution in [0.3, 0.4) is 0 Å². The molecule has 5 rings (SSSR count). The maximum Gasteiger partial charge on any atom is 0.269 e. The Balaban J connectivity index is 1.36. The van der Waals surface area contributed by atoms with Crippen molar-refractivity contribution < 1.29 is 29.5 Å². The van der Waals surface area contributed by atoms with E-state index in [9.17, 15) is 34.7 Å². The molecule has 0 saturated carbocycles. The van der Waals surface area contributed by atoms with Crippen molar-refractivity contribution in [1.82, 2.24) is 4.90 Å². The van der Waals surface area contributed by atoms with E-state index in [-0.39, 0.29) is 49.2 Å². The molecule has 0 radical (unpaired) electrons. The summed E-state index contributed by atoms with van der Waals surface area (Å²) in [6.45, 7) is 1.88. The number of rotatable bonds is 13. The minimum absolute atomic E-state index is 0.0194. The fourth-order valence-electron chi connectivity index (χ4n) is 5.79. The SMILES string of the molecule is C[C@@H](/C=C/CC(=O)N(CCO)Cc1ccccc1)[C@]1(O)C(=O)N(Cc2cccc(NC(=O)c3ccccc3)c2)c2ccc([N+](=O)[O-])cc21. The summed E-state index contributed by atoms with van der Waals surface area (Å²) in [4.78, 5) is 53.8. The summed E-state index contributed by atoms with van der Waals surface area (Å²) in [7, 11) is 0. The van der Waals surface area contributed by atoms with Crippen molar-refractivity contribution in [1.29, 1.82) is 0 Å². The Morgan fingerprint density at radius 1 is 0.979 bits per heavy atom. The van der Waals surface area contributed by atoms with Gasteiger partial charge in [-0.2, -0.15) is 0 Å². The number of fused-ring (bicyclic) bond motifs is 1. The van der Waals surface area contributed by atoms with Crippen LogP contribution in [0.25, 0.3) is 0 Å². The number of hydrogen-bond acceptors (Lipinski definition) is 7. The molecule has 1 heterocycles. The zero-order valence-corrected chi connectivity index (χ0v) is 26.4. The van der Waals surface area contributed by atoms with Crippen molar-refractivity contribution in [2.24, 2.45) is 5.92 Å². The number of anilines is 2. The fourth-order valence-corrected chi connectivity index (χ4v) is 5.79. The molecule has 0 unspecified atom stereocenters. The van der Waals surface area contributed by atoms with Crippen LogP contribution in [0.5, 0.6) is 0 Å². The molecule has 11 nitrogen and oxygen atoms in total. The van der Waals surface area contributed by atoms with Gasteiger partial charge in [0.1, 0.15) is 0 Å². The van der Waals surface area contributed by atoms with Gasteiger partial charge in [-0.15, -0.1) is 0 Å². The monoisotopic (exact) mass is 648 g/mol. The van der Waals surface area contributed by atoms with Crippen LogP contribution >= 0.6 is 0 Å². The summed E-state index contributed by atoms with van der Waals surface area (Å²) in [5, 5.41) is 36.1. The molecular formula is C37H36N4O7. The number of carbonyl (C=O) groups is 3. The molecule has 0 aromatic heterocycles. The van der Waals surface area contributed by atoms with E-state index in [1.54, 1.807) is 67.6 Å². The molecular weight excluding hydrogens is 612 g/mol. The van der Waals surface area contributed by atoms with E-state index in [1.807, 2.05) is 36.4 Å². The number of benzene rings is 4. The van der Waals surface area contributed by atoms with Gasteiger partial charge in [-0.3, -0.25) is 24.5 Å². The van der Waals surface area contributed by atoms with Crippen LogP contribution in [0.15, 0.2) is 115 Å². The van der Waals surface area contributed by atoms with E-state index < -0.39 is 22.3 Å². The summed E-state index contributed by atoms with van der Waals surface area (Å²) >= 11 is 0. The van der Waals surface area contributed by atoms with Crippen molar-refractivity contribution in [3.8, 4) is 0 Å². The molecule has 4 aromatic carbocycles. The molecule has 48 heavy (non-hydrogen) atoms. The fraction of sp³-hybridized carbons (Fsp3) is 0.216. The number of carbonyl (C=O) groups excluding carboxylic acids is 3. The van der Waals surface area contributed by atoms with Gasteiger partial charge in [0.25, 0.3) is 17.5 Å². The first-order valence-corrected chi connectivity index (χ1v) is 15.5. The number of amides is 3. The molecule has 0 fully saturated rings. The highest BCUT2D eigenvalue weighted by molar-refractivity contribution is 6.07. The molecule has 1 aliphatic heterocycles. The smallest absolute Gasteiger partial charge is 0.269 e. The van der Waals surface area contributed by atoms with Crippen LogP contribution in [-0.2, 0) is 28.3 Å². The molecule has 0 spiro atoms. The topological polar surface area (TPSA) is 153 Å². The number of nitrogens with zero attached hydrogens (tertiary/aromatic N) is 3. The summed E-state index contributed by atoms with van der Waals surface area (Å²) in [6.07, 6.45) is 3.07. The van der Waals surface area contributed by atoms with Crippen molar-refractivity contribution in [3.63, 3.8) is 0 Å². The average Bonchev–Trinajstić information content (AvgIpc) is 3.31. The second-order valence-corrected chi connectivity index (χ2v) is 11.6. The third-order valence-electron chi connectivity index (χ3n) is 8.34. The molecule has 246 valence electrons. The Kier molecular flexibility index (Phi) is 10.4. The van der Waals surface area contributed by atoms with Gasteiger partial charge in [-0.1, -0.05) is 79.7 Å². The van der Waals surface area contributed by atoms with Crippen LogP contribution in [0, 0.1) is 16.0 Å². The van der Waals surface area contributed by atoms with Crippen LogP contribution in [0.4, 0.5) is 17.1 Å². The largest absolute Gasteiger partial charge is 0.395 e. The van der Waals surface area contributed by atoms with Gasteiger partial charge in [0.2, 0.25) is 5.91 Å². The predicted octanol–water partition coefficient (Wildman–Crippen LogP) is 5.19. The summed E-state index contributed by atoms with van der Waals surface area (Å²) in [6, 6.07) is 29.0. The first-order valence-electron chi connectivity index (χ1n) is 15.5.